The molecule has 1 fully saturated rings. The average molecular weight is 305 g/mol. The first-order valence-electron chi connectivity index (χ1n) is 5.29. The minimum absolute atomic E-state index is 0.0497. The molecular formula is C12H15BrClNO. The van der Waals surface area contributed by atoms with Gasteiger partial charge in [0, 0.05) is 27.1 Å². The van der Waals surface area contributed by atoms with Gasteiger partial charge in [-0.15, -0.1) is 0 Å². The average Bonchev–Trinajstić information content (AvgIpc) is 2.19. The van der Waals surface area contributed by atoms with Crippen LogP contribution in [0.15, 0.2) is 22.7 Å². The molecule has 0 aromatic heterocycles. The number of hydrogen-bond donors (Lipinski definition) is 1. The third kappa shape index (κ3) is 2.77. The monoisotopic (exact) mass is 303 g/mol. The van der Waals surface area contributed by atoms with Gasteiger partial charge in [-0.25, -0.2) is 0 Å². The SMILES string of the molecule is CC1(C)COC(c2ccc(Br)cc2Cl)CN1. The molecule has 1 heterocycles. The fraction of sp³-hybridized carbons (Fsp3) is 0.500. The van der Waals surface area contributed by atoms with Crippen molar-refractivity contribution in [3.8, 4) is 0 Å². The van der Waals surface area contributed by atoms with Crippen molar-refractivity contribution in [2.45, 2.75) is 25.5 Å². The van der Waals surface area contributed by atoms with Crippen LogP contribution in [0, 0.1) is 0 Å². The Bertz CT molecular complexity index is 385. The number of hydrogen-bond acceptors (Lipinski definition) is 2. The Kier molecular flexibility index (Phi) is 3.59. The predicted octanol–water partition coefficient (Wildman–Crippen LogP) is 3.54. The number of ether oxygens (including phenoxy) is 1. The molecule has 1 aliphatic heterocycles. The van der Waals surface area contributed by atoms with Crippen molar-refractivity contribution >= 4 is 27.5 Å². The van der Waals surface area contributed by atoms with Gasteiger partial charge in [0.25, 0.3) is 0 Å². The van der Waals surface area contributed by atoms with Gasteiger partial charge in [-0.2, -0.15) is 0 Å². The van der Waals surface area contributed by atoms with Gasteiger partial charge in [0.2, 0.25) is 0 Å². The molecule has 4 heteroatoms. The maximum Gasteiger partial charge on any atom is 0.0964 e. The van der Waals surface area contributed by atoms with Crippen molar-refractivity contribution in [3.05, 3.63) is 33.3 Å². The van der Waals surface area contributed by atoms with E-state index in [1.54, 1.807) is 0 Å². The van der Waals surface area contributed by atoms with Crippen molar-refractivity contribution in [2.24, 2.45) is 0 Å². The summed E-state index contributed by atoms with van der Waals surface area (Å²) in [6.45, 7) is 5.76. The molecule has 1 aliphatic rings. The third-order valence-electron chi connectivity index (χ3n) is 2.72. The first kappa shape index (κ1) is 12.4. The zero-order valence-corrected chi connectivity index (χ0v) is 11.7. The standard InChI is InChI=1S/C12H15BrClNO/c1-12(2)7-16-11(6-15-12)9-4-3-8(13)5-10(9)14/h3-5,11,15H,6-7H2,1-2H3. The fourth-order valence-electron chi connectivity index (χ4n) is 1.75. The summed E-state index contributed by atoms with van der Waals surface area (Å²) in [5.41, 5.74) is 1.10. The molecule has 2 rings (SSSR count). The van der Waals surface area contributed by atoms with Crippen LogP contribution in [-0.4, -0.2) is 18.7 Å². The minimum atomic E-state index is 0.0497. The van der Waals surface area contributed by atoms with Gasteiger partial charge in [0.15, 0.2) is 0 Å². The first-order valence-corrected chi connectivity index (χ1v) is 6.47. The molecule has 0 saturated carbocycles. The van der Waals surface area contributed by atoms with E-state index in [1.165, 1.54) is 0 Å². The lowest BCUT2D eigenvalue weighted by Crippen LogP contribution is -2.50. The smallest absolute Gasteiger partial charge is 0.0964 e. The zero-order chi connectivity index (χ0) is 11.8. The Labute approximate surface area is 109 Å². The van der Waals surface area contributed by atoms with Crippen molar-refractivity contribution in [2.75, 3.05) is 13.2 Å². The van der Waals surface area contributed by atoms with E-state index in [0.29, 0.717) is 6.61 Å². The van der Waals surface area contributed by atoms with E-state index in [1.807, 2.05) is 18.2 Å². The van der Waals surface area contributed by atoms with Crippen LogP contribution in [0.4, 0.5) is 0 Å². The summed E-state index contributed by atoms with van der Waals surface area (Å²) in [6, 6.07) is 5.90. The van der Waals surface area contributed by atoms with E-state index in [9.17, 15) is 0 Å². The van der Waals surface area contributed by atoms with E-state index >= 15 is 0 Å². The number of nitrogens with one attached hydrogen (secondary N) is 1. The molecule has 1 aromatic rings. The Morgan fingerprint density at radius 1 is 1.50 bits per heavy atom. The van der Waals surface area contributed by atoms with Crippen LogP contribution in [-0.2, 0) is 4.74 Å². The van der Waals surface area contributed by atoms with Gasteiger partial charge in [0.1, 0.15) is 0 Å². The largest absolute Gasteiger partial charge is 0.370 e. The van der Waals surface area contributed by atoms with Crippen LogP contribution in [0.25, 0.3) is 0 Å². The normalized spacial score (nSPS) is 24.4. The van der Waals surface area contributed by atoms with Crippen LogP contribution in [0.2, 0.25) is 5.02 Å². The summed E-state index contributed by atoms with van der Waals surface area (Å²) < 4.78 is 6.83. The number of morpholine rings is 1. The first-order chi connectivity index (χ1) is 7.48. The molecule has 1 N–H and O–H groups in total. The minimum Gasteiger partial charge on any atom is -0.370 e. The highest BCUT2D eigenvalue weighted by molar-refractivity contribution is 9.10. The number of halogens is 2. The second-order valence-corrected chi connectivity index (χ2v) is 6.05. The van der Waals surface area contributed by atoms with Crippen molar-refractivity contribution in [1.29, 1.82) is 0 Å². The number of benzene rings is 1. The molecule has 0 spiro atoms. The van der Waals surface area contributed by atoms with Crippen LogP contribution < -0.4 is 5.32 Å². The predicted molar refractivity (Wildman–Crippen MR) is 69.9 cm³/mol. The van der Waals surface area contributed by atoms with E-state index < -0.39 is 0 Å². The molecule has 0 amide bonds. The van der Waals surface area contributed by atoms with E-state index in [-0.39, 0.29) is 11.6 Å². The zero-order valence-electron chi connectivity index (χ0n) is 9.39. The Hall–Kier alpha value is -0.0900. The molecule has 2 nitrogen and oxygen atoms in total. The molecule has 0 radical (unpaired) electrons. The van der Waals surface area contributed by atoms with Crippen molar-refractivity contribution in [1.82, 2.24) is 5.32 Å². The van der Waals surface area contributed by atoms with Crippen LogP contribution in [0.5, 0.6) is 0 Å². The Morgan fingerprint density at radius 2 is 2.25 bits per heavy atom. The molecule has 1 unspecified atom stereocenters. The summed E-state index contributed by atoms with van der Waals surface area (Å²) in [4.78, 5) is 0. The van der Waals surface area contributed by atoms with Gasteiger partial charge in [-0.05, 0) is 26.0 Å². The highest BCUT2D eigenvalue weighted by Crippen LogP contribution is 2.30. The highest BCUT2D eigenvalue weighted by atomic mass is 79.9. The molecular weight excluding hydrogens is 289 g/mol. The molecule has 88 valence electrons. The second-order valence-electron chi connectivity index (χ2n) is 4.73. The lowest BCUT2D eigenvalue weighted by Gasteiger charge is -2.36. The number of rotatable bonds is 1. The van der Waals surface area contributed by atoms with E-state index in [0.717, 1.165) is 21.6 Å². The summed E-state index contributed by atoms with van der Waals surface area (Å²) in [5, 5.41) is 4.20. The molecule has 16 heavy (non-hydrogen) atoms. The van der Waals surface area contributed by atoms with Gasteiger partial charge < -0.3 is 10.1 Å². The quantitative estimate of drug-likeness (QED) is 0.857. The molecule has 0 aliphatic carbocycles. The lowest BCUT2D eigenvalue weighted by atomic mass is 10.0. The van der Waals surface area contributed by atoms with Crippen molar-refractivity contribution < 1.29 is 4.74 Å². The molecule has 0 bridgehead atoms. The maximum absolute atomic E-state index is 6.20. The van der Waals surface area contributed by atoms with Gasteiger partial charge in [-0.1, -0.05) is 33.6 Å². The van der Waals surface area contributed by atoms with Crippen molar-refractivity contribution in [3.63, 3.8) is 0 Å². The highest BCUT2D eigenvalue weighted by Gasteiger charge is 2.28. The Morgan fingerprint density at radius 3 is 2.81 bits per heavy atom. The van der Waals surface area contributed by atoms with Crippen LogP contribution in [0.1, 0.15) is 25.5 Å². The summed E-state index contributed by atoms with van der Waals surface area (Å²) in [7, 11) is 0. The van der Waals surface area contributed by atoms with Crippen LogP contribution in [0.3, 0.4) is 0 Å². The third-order valence-corrected chi connectivity index (χ3v) is 3.54. The molecule has 1 atom stereocenters. The van der Waals surface area contributed by atoms with Gasteiger partial charge >= 0.3 is 0 Å². The summed E-state index contributed by atoms with van der Waals surface area (Å²) in [6.07, 6.45) is 0.0497. The van der Waals surface area contributed by atoms with Gasteiger partial charge in [0.05, 0.1) is 12.7 Å². The van der Waals surface area contributed by atoms with E-state index in [2.05, 4.69) is 35.1 Å². The van der Waals surface area contributed by atoms with E-state index in [4.69, 9.17) is 16.3 Å². The summed E-state index contributed by atoms with van der Waals surface area (Å²) >= 11 is 9.59. The van der Waals surface area contributed by atoms with Gasteiger partial charge in [-0.3, -0.25) is 0 Å². The van der Waals surface area contributed by atoms with Crippen LogP contribution >= 0.6 is 27.5 Å². The topological polar surface area (TPSA) is 21.3 Å². The fourth-order valence-corrected chi connectivity index (χ4v) is 2.55. The molecule has 1 aromatic carbocycles. The summed E-state index contributed by atoms with van der Waals surface area (Å²) in [5.74, 6) is 0. The Balaban J connectivity index is 2.14. The second kappa shape index (κ2) is 4.65. The lowest BCUT2D eigenvalue weighted by molar-refractivity contribution is -0.0228. The maximum atomic E-state index is 6.20. The molecule has 1 saturated heterocycles.